The van der Waals surface area contributed by atoms with Gasteiger partial charge in [0.25, 0.3) is 0 Å². The predicted octanol–water partition coefficient (Wildman–Crippen LogP) is 3.80. The fraction of sp³-hybridized carbons (Fsp3) is 0.167. The van der Waals surface area contributed by atoms with Crippen LogP contribution < -0.4 is 5.30 Å². The highest BCUT2D eigenvalue weighted by Crippen LogP contribution is 2.34. The summed E-state index contributed by atoms with van der Waals surface area (Å²) in [6.45, 7) is 5.20. The molecule has 0 aliphatic rings. The number of benzene rings is 1. The van der Waals surface area contributed by atoms with Crippen LogP contribution in [0.5, 0.6) is 0 Å². The van der Waals surface area contributed by atoms with Crippen molar-refractivity contribution in [2.24, 2.45) is 0 Å². The minimum Gasteiger partial charge on any atom is -0.166 e. The predicted molar refractivity (Wildman–Crippen MR) is 64.6 cm³/mol. The molecule has 0 bridgehead atoms. The monoisotopic (exact) mass is 244 g/mol. The minimum atomic E-state index is -4.35. The zero-order valence-electron chi connectivity index (χ0n) is 8.81. The second kappa shape index (κ2) is 4.84. The van der Waals surface area contributed by atoms with Crippen molar-refractivity contribution in [3.8, 4) is 0 Å². The molecule has 0 saturated carbocycles. The first kappa shape index (κ1) is 13.0. The van der Waals surface area contributed by atoms with Gasteiger partial charge in [-0.3, -0.25) is 0 Å². The molecule has 0 N–H and O–H groups in total. The van der Waals surface area contributed by atoms with Crippen LogP contribution in [0, 0.1) is 0 Å². The van der Waals surface area contributed by atoms with Gasteiger partial charge >= 0.3 is 6.18 Å². The van der Waals surface area contributed by atoms with E-state index in [9.17, 15) is 13.2 Å². The summed E-state index contributed by atoms with van der Waals surface area (Å²) in [5, 5.41) is 0.510. The van der Waals surface area contributed by atoms with Gasteiger partial charge in [-0.2, -0.15) is 13.2 Å². The summed E-state index contributed by atoms with van der Waals surface area (Å²) in [7, 11) is 2.26. The fourth-order valence-electron chi connectivity index (χ4n) is 1.43. The van der Waals surface area contributed by atoms with Crippen molar-refractivity contribution in [1.82, 2.24) is 0 Å². The molecule has 1 unspecified atom stereocenters. The van der Waals surface area contributed by atoms with Crippen LogP contribution >= 0.6 is 9.24 Å². The average molecular weight is 244 g/mol. The van der Waals surface area contributed by atoms with Crippen LogP contribution in [0.4, 0.5) is 13.2 Å². The fourth-order valence-corrected chi connectivity index (χ4v) is 1.69. The van der Waals surface area contributed by atoms with Crippen LogP contribution in [0.2, 0.25) is 0 Å². The number of rotatable bonds is 2. The van der Waals surface area contributed by atoms with E-state index in [2.05, 4.69) is 15.8 Å². The van der Waals surface area contributed by atoms with Gasteiger partial charge < -0.3 is 0 Å². The third-order valence-electron chi connectivity index (χ3n) is 2.19. The Morgan fingerprint density at radius 1 is 1.38 bits per heavy atom. The van der Waals surface area contributed by atoms with E-state index in [4.69, 9.17) is 0 Å². The summed E-state index contributed by atoms with van der Waals surface area (Å²) in [4.78, 5) is 0. The van der Waals surface area contributed by atoms with Crippen molar-refractivity contribution in [2.75, 3.05) is 0 Å². The maximum absolute atomic E-state index is 12.8. The molecule has 1 rings (SSSR count). The molecule has 0 saturated heterocycles. The standard InChI is InChI=1S/C12H12F3P/c1-3-8(4-2)10-6-5-9(16)7-11(10)12(13,14)15/h3-7H,1,16H2,2H3/b8-4+. The molecule has 0 spiro atoms. The van der Waals surface area contributed by atoms with E-state index in [1.54, 1.807) is 19.1 Å². The molecule has 0 heterocycles. The highest BCUT2D eigenvalue weighted by Gasteiger charge is 2.33. The maximum Gasteiger partial charge on any atom is 0.417 e. The van der Waals surface area contributed by atoms with Crippen LogP contribution in [0.25, 0.3) is 5.57 Å². The van der Waals surface area contributed by atoms with Gasteiger partial charge in [-0.1, -0.05) is 30.9 Å². The molecular weight excluding hydrogens is 232 g/mol. The van der Waals surface area contributed by atoms with Gasteiger partial charge in [0.2, 0.25) is 0 Å². The summed E-state index contributed by atoms with van der Waals surface area (Å²) in [6.07, 6.45) is -1.31. The molecule has 0 fully saturated rings. The van der Waals surface area contributed by atoms with Crippen molar-refractivity contribution >= 4 is 20.1 Å². The topological polar surface area (TPSA) is 0 Å². The second-order valence-corrected chi connectivity index (χ2v) is 3.92. The third-order valence-corrected chi connectivity index (χ3v) is 2.55. The SMILES string of the molecule is C=C/C(=C\C)c1ccc(P)cc1C(F)(F)F. The lowest BCUT2D eigenvalue weighted by molar-refractivity contribution is -0.137. The minimum absolute atomic E-state index is 0.163. The Morgan fingerprint density at radius 3 is 2.44 bits per heavy atom. The summed E-state index contributed by atoms with van der Waals surface area (Å²) in [5.74, 6) is 0. The molecule has 1 aromatic carbocycles. The lowest BCUT2D eigenvalue weighted by atomic mass is 9.99. The molecular formula is C12H12F3P. The Labute approximate surface area is 95.1 Å². The second-order valence-electron chi connectivity index (χ2n) is 3.25. The van der Waals surface area contributed by atoms with Gasteiger partial charge in [0.15, 0.2) is 0 Å². The van der Waals surface area contributed by atoms with Gasteiger partial charge in [0, 0.05) is 0 Å². The Bertz CT molecular complexity index is 430. The highest BCUT2D eigenvalue weighted by molar-refractivity contribution is 7.27. The third kappa shape index (κ3) is 2.73. The molecule has 1 aromatic rings. The van der Waals surface area contributed by atoms with E-state index < -0.39 is 11.7 Å². The van der Waals surface area contributed by atoms with E-state index in [1.807, 2.05) is 0 Å². The molecule has 0 amide bonds. The summed E-state index contributed by atoms with van der Waals surface area (Å²) >= 11 is 0. The van der Waals surface area contributed by atoms with E-state index in [1.165, 1.54) is 12.1 Å². The normalized spacial score (nSPS) is 12.7. The smallest absolute Gasteiger partial charge is 0.166 e. The van der Waals surface area contributed by atoms with Gasteiger partial charge in [-0.05, 0) is 29.4 Å². The number of halogens is 3. The zero-order valence-corrected chi connectivity index (χ0v) is 9.96. The number of allylic oxidation sites excluding steroid dienone is 3. The molecule has 0 radical (unpaired) electrons. The van der Waals surface area contributed by atoms with Gasteiger partial charge in [0.1, 0.15) is 0 Å². The summed E-state index contributed by atoms with van der Waals surface area (Å²) in [6, 6.07) is 4.21. The number of hydrogen-bond donors (Lipinski definition) is 0. The summed E-state index contributed by atoms with van der Waals surface area (Å²) in [5.41, 5.74) is 0.0153. The molecule has 0 aromatic heterocycles. The van der Waals surface area contributed by atoms with Crippen molar-refractivity contribution in [3.05, 3.63) is 48.1 Å². The van der Waals surface area contributed by atoms with Gasteiger partial charge in [-0.15, -0.1) is 9.24 Å². The van der Waals surface area contributed by atoms with Crippen LogP contribution in [0.15, 0.2) is 36.9 Å². The van der Waals surface area contributed by atoms with Crippen LogP contribution in [0.3, 0.4) is 0 Å². The molecule has 0 aliphatic carbocycles. The van der Waals surface area contributed by atoms with E-state index >= 15 is 0 Å². The van der Waals surface area contributed by atoms with E-state index in [0.29, 0.717) is 10.9 Å². The lowest BCUT2D eigenvalue weighted by Gasteiger charge is -2.14. The Hall–Kier alpha value is -1.08. The van der Waals surface area contributed by atoms with Crippen LogP contribution in [0.1, 0.15) is 18.1 Å². The number of hydrogen-bond acceptors (Lipinski definition) is 0. The van der Waals surface area contributed by atoms with Gasteiger partial charge in [0.05, 0.1) is 5.56 Å². The van der Waals surface area contributed by atoms with Crippen LogP contribution in [-0.2, 0) is 6.18 Å². The Morgan fingerprint density at radius 2 is 2.00 bits per heavy atom. The van der Waals surface area contributed by atoms with Crippen molar-refractivity contribution in [2.45, 2.75) is 13.1 Å². The zero-order chi connectivity index (χ0) is 12.3. The Kier molecular flexibility index (Phi) is 3.93. The first-order valence-corrected chi connectivity index (χ1v) is 5.23. The maximum atomic E-state index is 12.8. The lowest BCUT2D eigenvalue weighted by Crippen LogP contribution is -2.11. The van der Waals surface area contributed by atoms with Gasteiger partial charge in [-0.25, -0.2) is 0 Å². The van der Waals surface area contributed by atoms with Crippen LogP contribution in [-0.4, -0.2) is 0 Å². The Balaban J connectivity index is 3.45. The number of alkyl halides is 3. The van der Waals surface area contributed by atoms with Crippen molar-refractivity contribution in [1.29, 1.82) is 0 Å². The molecule has 0 aliphatic heterocycles. The van der Waals surface area contributed by atoms with E-state index in [-0.39, 0.29) is 5.56 Å². The average Bonchev–Trinajstić information content (AvgIpc) is 2.20. The quantitative estimate of drug-likeness (QED) is 0.548. The van der Waals surface area contributed by atoms with Crippen molar-refractivity contribution in [3.63, 3.8) is 0 Å². The molecule has 4 heteroatoms. The molecule has 86 valence electrons. The largest absolute Gasteiger partial charge is 0.417 e. The summed E-state index contributed by atoms with van der Waals surface area (Å²) < 4.78 is 38.4. The first-order valence-electron chi connectivity index (χ1n) is 4.66. The van der Waals surface area contributed by atoms with Crippen molar-refractivity contribution < 1.29 is 13.2 Å². The highest BCUT2D eigenvalue weighted by atomic mass is 31.0. The molecule has 0 nitrogen and oxygen atoms in total. The van der Waals surface area contributed by atoms with E-state index in [0.717, 1.165) is 6.07 Å². The molecule has 16 heavy (non-hydrogen) atoms. The first-order chi connectivity index (χ1) is 7.40. The molecule has 1 atom stereocenters.